The summed E-state index contributed by atoms with van der Waals surface area (Å²) in [6, 6.07) is 0.345. The lowest BCUT2D eigenvalue weighted by Gasteiger charge is -2.17. The van der Waals surface area contributed by atoms with Gasteiger partial charge in [-0.3, -0.25) is 0 Å². The van der Waals surface area contributed by atoms with E-state index in [2.05, 4.69) is 4.74 Å². The van der Waals surface area contributed by atoms with Gasteiger partial charge in [-0.25, -0.2) is 4.39 Å². The Balaban J connectivity index is 3.35. The van der Waals surface area contributed by atoms with Crippen molar-refractivity contribution in [3.63, 3.8) is 0 Å². The molecule has 0 aliphatic rings. The van der Waals surface area contributed by atoms with Gasteiger partial charge in [-0.2, -0.15) is 13.2 Å². The van der Waals surface area contributed by atoms with Crippen molar-refractivity contribution in [2.75, 3.05) is 0 Å². The zero-order valence-electron chi connectivity index (χ0n) is 9.99. The lowest BCUT2D eigenvalue weighted by Crippen LogP contribution is -2.19. The van der Waals surface area contributed by atoms with E-state index in [9.17, 15) is 35.8 Å². The second-order valence-electron chi connectivity index (χ2n) is 3.87. The standard InChI is InChI=1S/C11H9F7O2/c1-2-6-7(20-11(16,17)18)3-5(4-10(13,14)15)9(19)8(6)12/h3,19H,2,4H2,1H3. The molecule has 0 saturated heterocycles. The second-order valence-corrected chi connectivity index (χ2v) is 3.87. The third-order valence-corrected chi connectivity index (χ3v) is 2.35. The summed E-state index contributed by atoms with van der Waals surface area (Å²) in [6.45, 7) is 1.27. The Bertz CT molecular complexity index is 491. The lowest BCUT2D eigenvalue weighted by molar-refractivity contribution is -0.275. The highest BCUT2D eigenvalue weighted by Gasteiger charge is 2.35. The first-order valence-corrected chi connectivity index (χ1v) is 5.30. The van der Waals surface area contributed by atoms with Crippen LogP contribution in [-0.4, -0.2) is 17.6 Å². The van der Waals surface area contributed by atoms with Crippen LogP contribution < -0.4 is 4.74 Å². The molecule has 0 saturated carbocycles. The molecule has 0 atom stereocenters. The predicted molar refractivity (Wildman–Crippen MR) is 53.9 cm³/mol. The molecule has 0 aliphatic heterocycles. The number of hydrogen-bond donors (Lipinski definition) is 1. The maximum atomic E-state index is 13.6. The van der Waals surface area contributed by atoms with Crippen LogP contribution in [0.4, 0.5) is 30.7 Å². The molecule has 1 N–H and O–H groups in total. The zero-order valence-corrected chi connectivity index (χ0v) is 9.99. The summed E-state index contributed by atoms with van der Waals surface area (Å²) in [5.74, 6) is -3.96. The summed E-state index contributed by atoms with van der Waals surface area (Å²) in [5.41, 5.74) is -1.67. The molecular formula is C11H9F7O2. The van der Waals surface area contributed by atoms with Crippen LogP contribution in [0.2, 0.25) is 0 Å². The van der Waals surface area contributed by atoms with Crippen LogP contribution in [0.5, 0.6) is 11.5 Å². The summed E-state index contributed by atoms with van der Waals surface area (Å²) >= 11 is 0. The number of ether oxygens (including phenoxy) is 1. The third-order valence-electron chi connectivity index (χ3n) is 2.35. The fourth-order valence-electron chi connectivity index (χ4n) is 1.60. The van der Waals surface area contributed by atoms with E-state index in [1.165, 1.54) is 6.92 Å². The second kappa shape index (κ2) is 5.37. The summed E-state index contributed by atoms with van der Waals surface area (Å²) in [5, 5.41) is 9.28. The van der Waals surface area contributed by atoms with E-state index >= 15 is 0 Å². The Morgan fingerprint density at radius 3 is 2.10 bits per heavy atom. The number of phenols is 1. The molecule has 20 heavy (non-hydrogen) atoms. The van der Waals surface area contributed by atoms with Crippen molar-refractivity contribution in [3.05, 3.63) is 23.0 Å². The van der Waals surface area contributed by atoms with Crippen LogP contribution in [0, 0.1) is 5.82 Å². The fourth-order valence-corrected chi connectivity index (χ4v) is 1.60. The average Bonchev–Trinajstić information content (AvgIpc) is 2.22. The quantitative estimate of drug-likeness (QED) is 0.852. The summed E-state index contributed by atoms with van der Waals surface area (Å²) in [6.07, 6.45) is -12.1. The monoisotopic (exact) mass is 306 g/mol. The number of halogens is 7. The van der Waals surface area contributed by atoms with Crippen LogP contribution in [0.15, 0.2) is 6.07 Å². The Hall–Kier alpha value is -1.67. The highest BCUT2D eigenvalue weighted by atomic mass is 19.4. The van der Waals surface area contributed by atoms with E-state index < -0.39 is 47.4 Å². The minimum absolute atomic E-state index is 0.295. The molecule has 0 fully saturated rings. The number of phenolic OH excluding ortho intramolecular Hbond substituents is 1. The van der Waals surface area contributed by atoms with Crippen LogP contribution >= 0.6 is 0 Å². The fraction of sp³-hybridized carbons (Fsp3) is 0.455. The molecule has 0 radical (unpaired) electrons. The molecule has 1 rings (SSSR count). The number of aromatic hydroxyl groups is 1. The van der Waals surface area contributed by atoms with Crippen molar-refractivity contribution in [1.29, 1.82) is 0 Å². The van der Waals surface area contributed by atoms with E-state index in [0.29, 0.717) is 6.07 Å². The number of hydrogen-bond acceptors (Lipinski definition) is 2. The van der Waals surface area contributed by atoms with Crippen molar-refractivity contribution in [2.45, 2.75) is 32.3 Å². The van der Waals surface area contributed by atoms with Gasteiger partial charge in [0.25, 0.3) is 0 Å². The molecule has 2 nitrogen and oxygen atoms in total. The highest BCUT2D eigenvalue weighted by Crippen LogP contribution is 2.38. The van der Waals surface area contributed by atoms with Gasteiger partial charge in [0, 0.05) is 11.1 Å². The molecular weight excluding hydrogens is 297 g/mol. The van der Waals surface area contributed by atoms with E-state index in [0.717, 1.165) is 0 Å². The van der Waals surface area contributed by atoms with Crippen molar-refractivity contribution in [2.24, 2.45) is 0 Å². The van der Waals surface area contributed by atoms with Crippen molar-refractivity contribution in [1.82, 2.24) is 0 Å². The van der Waals surface area contributed by atoms with Gasteiger partial charge in [0.1, 0.15) is 5.75 Å². The Labute approximate surface area is 108 Å². The van der Waals surface area contributed by atoms with Crippen LogP contribution in [0.25, 0.3) is 0 Å². The van der Waals surface area contributed by atoms with Gasteiger partial charge in [-0.05, 0) is 12.5 Å². The zero-order chi connectivity index (χ0) is 15.7. The normalized spacial score (nSPS) is 12.6. The Morgan fingerprint density at radius 1 is 1.15 bits per heavy atom. The summed E-state index contributed by atoms with van der Waals surface area (Å²) in [4.78, 5) is 0. The SMILES string of the molecule is CCc1c(OC(F)(F)F)cc(CC(F)(F)F)c(O)c1F. The third kappa shape index (κ3) is 4.17. The van der Waals surface area contributed by atoms with E-state index in [1.807, 2.05) is 0 Å². The van der Waals surface area contributed by atoms with Crippen LogP contribution in [0.3, 0.4) is 0 Å². The number of benzene rings is 1. The maximum Gasteiger partial charge on any atom is 0.573 e. The molecule has 0 unspecified atom stereocenters. The molecule has 0 heterocycles. The topological polar surface area (TPSA) is 29.5 Å². The Kier molecular flexibility index (Phi) is 4.40. The molecule has 0 aliphatic carbocycles. The van der Waals surface area contributed by atoms with Crippen LogP contribution in [-0.2, 0) is 12.8 Å². The molecule has 0 amide bonds. The van der Waals surface area contributed by atoms with Crippen LogP contribution in [0.1, 0.15) is 18.1 Å². The van der Waals surface area contributed by atoms with Gasteiger partial charge in [-0.15, -0.1) is 13.2 Å². The van der Waals surface area contributed by atoms with E-state index in [4.69, 9.17) is 0 Å². The summed E-state index contributed by atoms with van der Waals surface area (Å²) in [7, 11) is 0. The van der Waals surface area contributed by atoms with Gasteiger partial charge in [0.2, 0.25) is 0 Å². The lowest BCUT2D eigenvalue weighted by atomic mass is 10.0. The molecule has 1 aromatic rings. The molecule has 0 spiro atoms. The van der Waals surface area contributed by atoms with E-state index in [-0.39, 0.29) is 6.42 Å². The summed E-state index contributed by atoms with van der Waals surface area (Å²) < 4.78 is 90.1. The molecule has 0 aromatic heterocycles. The van der Waals surface area contributed by atoms with Crippen molar-refractivity contribution >= 4 is 0 Å². The first-order chi connectivity index (χ1) is 8.94. The number of rotatable bonds is 3. The van der Waals surface area contributed by atoms with Crippen molar-refractivity contribution in [3.8, 4) is 11.5 Å². The van der Waals surface area contributed by atoms with Gasteiger partial charge in [-0.1, -0.05) is 6.92 Å². The first kappa shape index (κ1) is 16.4. The molecule has 114 valence electrons. The number of alkyl halides is 6. The maximum absolute atomic E-state index is 13.6. The van der Waals surface area contributed by atoms with Gasteiger partial charge in [0.05, 0.1) is 6.42 Å². The van der Waals surface area contributed by atoms with Gasteiger partial charge in [0.15, 0.2) is 11.6 Å². The minimum atomic E-state index is -5.18. The first-order valence-electron chi connectivity index (χ1n) is 5.30. The van der Waals surface area contributed by atoms with E-state index in [1.54, 1.807) is 0 Å². The molecule has 9 heteroatoms. The average molecular weight is 306 g/mol. The Morgan fingerprint density at radius 2 is 1.70 bits per heavy atom. The van der Waals surface area contributed by atoms with Gasteiger partial charge >= 0.3 is 12.5 Å². The molecule has 1 aromatic carbocycles. The largest absolute Gasteiger partial charge is 0.573 e. The highest BCUT2D eigenvalue weighted by molar-refractivity contribution is 5.47. The molecule has 0 bridgehead atoms. The van der Waals surface area contributed by atoms with Gasteiger partial charge < -0.3 is 9.84 Å². The van der Waals surface area contributed by atoms with Crippen molar-refractivity contribution < 1.29 is 40.6 Å². The minimum Gasteiger partial charge on any atom is -0.505 e. The predicted octanol–water partition coefficient (Wildman–Crippen LogP) is 4.10. The smallest absolute Gasteiger partial charge is 0.505 e.